The highest BCUT2D eigenvalue weighted by Gasteiger charge is 2.23. The molecule has 4 rings (SSSR count). The molecule has 0 aliphatic rings. The third-order valence-corrected chi connectivity index (χ3v) is 7.19. The molecule has 0 bridgehead atoms. The second-order valence-electron chi connectivity index (χ2n) is 9.16. The number of halogens is 3. The Balaban J connectivity index is 1.48. The van der Waals surface area contributed by atoms with Gasteiger partial charge < -0.3 is 20.9 Å². The number of hydrogen-bond acceptors (Lipinski definition) is 6. The van der Waals surface area contributed by atoms with Crippen molar-refractivity contribution >= 4 is 46.6 Å². The molecule has 0 unspecified atom stereocenters. The largest absolute Gasteiger partial charge is 0.477 e. The second-order valence-corrected chi connectivity index (χ2v) is 10.4. The molecule has 214 valence electrons. The van der Waals surface area contributed by atoms with E-state index in [2.05, 4.69) is 10.3 Å². The molecule has 2 amide bonds. The minimum Gasteiger partial charge on any atom is -0.477 e. The number of benzene rings is 2. The van der Waals surface area contributed by atoms with Gasteiger partial charge in [0.1, 0.15) is 11.7 Å². The summed E-state index contributed by atoms with van der Waals surface area (Å²) in [5.74, 6) is -0.572. The zero-order valence-corrected chi connectivity index (χ0v) is 24.2. The van der Waals surface area contributed by atoms with Gasteiger partial charge in [-0.2, -0.15) is 5.10 Å². The number of nitrogens with one attached hydrogen (secondary N) is 1. The maximum absolute atomic E-state index is 12.6. The lowest BCUT2D eigenvalue weighted by Crippen LogP contribution is -2.45. The first-order valence-corrected chi connectivity index (χ1v) is 13.9. The van der Waals surface area contributed by atoms with Crippen molar-refractivity contribution in [3.05, 3.63) is 93.2 Å². The van der Waals surface area contributed by atoms with E-state index in [4.69, 9.17) is 50.4 Å². The summed E-state index contributed by atoms with van der Waals surface area (Å²) >= 11 is 18.3. The first kappa shape index (κ1) is 30.3. The van der Waals surface area contributed by atoms with Gasteiger partial charge in [-0.3, -0.25) is 14.6 Å². The van der Waals surface area contributed by atoms with Crippen LogP contribution in [0.5, 0.6) is 5.88 Å². The van der Waals surface area contributed by atoms with Crippen LogP contribution in [0.3, 0.4) is 0 Å². The first-order chi connectivity index (χ1) is 19.8. The number of amides is 2. The van der Waals surface area contributed by atoms with E-state index in [1.165, 1.54) is 0 Å². The molecule has 2 aromatic heterocycles. The summed E-state index contributed by atoms with van der Waals surface area (Å²) in [5, 5.41) is 18.6. The molecular formula is C29H28Cl3N5O4. The average Bonchev–Trinajstić information content (AvgIpc) is 3.32. The molecular weight excluding hydrogens is 589 g/mol. The number of nitrogens with two attached hydrogens (primary N) is 1. The number of nitrogens with zero attached hydrogens (tertiary/aromatic N) is 3. The topological polar surface area (TPSA) is 132 Å². The molecule has 0 spiro atoms. The van der Waals surface area contributed by atoms with Gasteiger partial charge in [-0.05, 0) is 54.4 Å². The van der Waals surface area contributed by atoms with E-state index in [9.17, 15) is 14.7 Å². The number of carbonyl (C=O) groups is 2. The van der Waals surface area contributed by atoms with Gasteiger partial charge in [0, 0.05) is 54.4 Å². The summed E-state index contributed by atoms with van der Waals surface area (Å²) in [6.45, 7) is 0.0188. The van der Waals surface area contributed by atoms with Gasteiger partial charge in [-0.15, -0.1) is 0 Å². The highest BCUT2D eigenvalue weighted by atomic mass is 35.5. The zero-order valence-electron chi connectivity index (χ0n) is 21.9. The van der Waals surface area contributed by atoms with Crippen molar-refractivity contribution in [1.82, 2.24) is 20.1 Å². The van der Waals surface area contributed by atoms with Crippen LogP contribution in [0, 0.1) is 0 Å². The molecule has 12 heteroatoms. The van der Waals surface area contributed by atoms with E-state index in [1.807, 2.05) is 6.07 Å². The van der Waals surface area contributed by atoms with Crippen LogP contribution in [0.1, 0.15) is 24.0 Å². The lowest BCUT2D eigenvalue weighted by atomic mass is 10.1. The Morgan fingerprint density at radius 3 is 2.51 bits per heavy atom. The van der Waals surface area contributed by atoms with Crippen LogP contribution < -0.4 is 15.8 Å². The highest BCUT2D eigenvalue weighted by Crippen LogP contribution is 2.34. The maximum atomic E-state index is 12.6. The second kappa shape index (κ2) is 14.3. The lowest BCUT2D eigenvalue weighted by molar-refractivity contribution is -0.127. The Morgan fingerprint density at radius 2 is 1.85 bits per heavy atom. The molecule has 41 heavy (non-hydrogen) atoms. The van der Waals surface area contributed by atoms with Crippen molar-refractivity contribution < 1.29 is 19.4 Å². The van der Waals surface area contributed by atoms with E-state index in [1.54, 1.807) is 65.6 Å². The average molecular weight is 617 g/mol. The Kier molecular flexibility index (Phi) is 10.6. The van der Waals surface area contributed by atoms with Gasteiger partial charge in [0.05, 0.1) is 22.3 Å². The standard InChI is InChI=1S/C29H28Cl3N5O4/c30-20-7-5-18(6-8-20)15-25(28(33)40)35-26(39)4-2-14-41-29-22(11-13-38)27(19-3-1-12-34-17-19)36-37(29)21-9-10-23(31)24(32)16-21/h1,3,5-10,12,16-17,25,38H,2,4,11,13-15H2,(H2,33,40)(H,35,39)/t25-/m0/s1. The smallest absolute Gasteiger partial charge is 0.240 e. The van der Waals surface area contributed by atoms with Crippen LogP contribution >= 0.6 is 34.8 Å². The van der Waals surface area contributed by atoms with Crippen LogP contribution in [0.4, 0.5) is 0 Å². The van der Waals surface area contributed by atoms with Crippen LogP contribution in [0.15, 0.2) is 67.0 Å². The van der Waals surface area contributed by atoms with E-state index >= 15 is 0 Å². The monoisotopic (exact) mass is 615 g/mol. The van der Waals surface area contributed by atoms with Gasteiger partial charge in [-0.1, -0.05) is 46.9 Å². The number of ether oxygens (including phenoxy) is 1. The predicted octanol–water partition coefficient (Wildman–Crippen LogP) is 4.80. The van der Waals surface area contributed by atoms with Gasteiger partial charge in [0.25, 0.3) is 0 Å². The number of hydrogen-bond donors (Lipinski definition) is 3. The van der Waals surface area contributed by atoms with E-state index in [0.29, 0.717) is 44.3 Å². The SMILES string of the molecule is NC(=O)[C@H](Cc1ccc(Cl)cc1)NC(=O)CCCOc1c(CCO)c(-c2cccnc2)nn1-c1ccc(Cl)c(Cl)c1. The molecule has 2 heterocycles. The molecule has 1 atom stereocenters. The number of aliphatic hydroxyl groups is 1. The zero-order chi connectivity index (χ0) is 29.4. The number of aliphatic hydroxyl groups excluding tert-OH is 1. The molecule has 2 aromatic carbocycles. The van der Waals surface area contributed by atoms with Gasteiger partial charge in [0.2, 0.25) is 17.7 Å². The van der Waals surface area contributed by atoms with E-state index in [-0.39, 0.29) is 38.4 Å². The summed E-state index contributed by atoms with van der Waals surface area (Å²) in [6, 6.07) is 14.8. The molecule has 0 radical (unpaired) electrons. The van der Waals surface area contributed by atoms with Crippen LogP contribution in [-0.4, -0.2) is 50.9 Å². The number of pyridine rings is 1. The molecule has 0 aliphatic heterocycles. The van der Waals surface area contributed by atoms with Crippen molar-refractivity contribution in [2.24, 2.45) is 5.73 Å². The van der Waals surface area contributed by atoms with Crippen LogP contribution in [0.2, 0.25) is 15.1 Å². The molecule has 0 saturated heterocycles. The summed E-state index contributed by atoms with van der Waals surface area (Å²) in [5.41, 5.74) is 8.96. The summed E-state index contributed by atoms with van der Waals surface area (Å²) < 4.78 is 7.75. The molecule has 0 saturated carbocycles. The first-order valence-electron chi connectivity index (χ1n) is 12.8. The molecule has 4 aromatic rings. The number of primary amides is 1. The van der Waals surface area contributed by atoms with Gasteiger partial charge in [0.15, 0.2) is 0 Å². The third-order valence-electron chi connectivity index (χ3n) is 6.20. The minimum atomic E-state index is -0.862. The fourth-order valence-corrected chi connectivity index (χ4v) is 4.61. The molecule has 9 nitrogen and oxygen atoms in total. The van der Waals surface area contributed by atoms with Crippen molar-refractivity contribution in [3.8, 4) is 22.8 Å². The normalized spacial score (nSPS) is 11.7. The van der Waals surface area contributed by atoms with Crippen molar-refractivity contribution in [1.29, 1.82) is 0 Å². The fraction of sp³-hybridized carbons (Fsp3) is 0.241. The van der Waals surface area contributed by atoms with Gasteiger partial charge in [-0.25, -0.2) is 4.68 Å². The number of aromatic nitrogens is 3. The molecule has 4 N–H and O–H groups in total. The van der Waals surface area contributed by atoms with Gasteiger partial charge >= 0.3 is 0 Å². The quantitative estimate of drug-likeness (QED) is 0.185. The number of rotatable bonds is 13. The van der Waals surface area contributed by atoms with E-state index < -0.39 is 11.9 Å². The van der Waals surface area contributed by atoms with Crippen molar-refractivity contribution in [2.75, 3.05) is 13.2 Å². The Bertz CT molecular complexity index is 1500. The Labute approximate surface area is 252 Å². The highest BCUT2D eigenvalue weighted by molar-refractivity contribution is 6.42. The fourth-order valence-electron chi connectivity index (χ4n) is 4.19. The summed E-state index contributed by atoms with van der Waals surface area (Å²) in [6.07, 6.45) is 4.29. The Morgan fingerprint density at radius 1 is 1.07 bits per heavy atom. The lowest BCUT2D eigenvalue weighted by Gasteiger charge is -2.16. The molecule has 0 fully saturated rings. The molecule has 0 aliphatic carbocycles. The van der Waals surface area contributed by atoms with Crippen LogP contribution in [0.25, 0.3) is 16.9 Å². The maximum Gasteiger partial charge on any atom is 0.240 e. The summed E-state index contributed by atoms with van der Waals surface area (Å²) in [7, 11) is 0. The van der Waals surface area contributed by atoms with Crippen LogP contribution in [-0.2, 0) is 22.4 Å². The predicted molar refractivity (Wildman–Crippen MR) is 159 cm³/mol. The van der Waals surface area contributed by atoms with Crippen molar-refractivity contribution in [3.63, 3.8) is 0 Å². The summed E-state index contributed by atoms with van der Waals surface area (Å²) in [4.78, 5) is 28.8. The third kappa shape index (κ3) is 7.98. The van der Waals surface area contributed by atoms with E-state index in [0.717, 1.165) is 11.1 Å². The number of carbonyl (C=O) groups excluding carboxylic acids is 2. The van der Waals surface area contributed by atoms with Crippen molar-refractivity contribution in [2.45, 2.75) is 31.7 Å². The Hall–Kier alpha value is -3.63. The minimum absolute atomic E-state index is 0.0934.